The highest BCUT2D eigenvalue weighted by atomic mass is 19.1. The molecule has 0 saturated carbocycles. The van der Waals surface area contributed by atoms with Gasteiger partial charge in [-0.25, -0.2) is 4.39 Å². The van der Waals surface area contributed by atoms with Gasteiger partial charge in [0.25, 0.3) is 11.5 Å². The summed E-state index contributed by atoms with van der Waals surface area (Å²) in [4.78, 5) is 29.7. The molecule has 1 aromatic carbocycles. The summed E-state index contributed by atoms with van der Waals surface area (Å²) in [7, 11) is 1.53. The summed E-state index contributed by atoms with van der Waals surface area (Å²) >= 11 is 0. The lowest BCUT2D eigenvalue weighted by molar-refractivity contribution is 0.0936. The van der Waals surface area contributed by atoms with Crippen LogP contribution in [0.25, 0.3) is 11.0 Å². The van der Waals surface area contributed by atoms with Crippen LogP contribution in [-0.4, -0.2) is 40.3 Å². The van der Waals surface area contributed by atoms with E-state index >= 15 is 0 Å². The summed E-state index contributed by atoms with van der Waals surface area (Å²) in [5.41, 5.74) is 1.32. The normalized spacial score (nSPS) is 11.1. The van der Waals surface area contributed by atoms with Gasteiger partial charge in [-0.2, -0.15) is 0 Å². The molecule has 3 aromatic rings. The third-order valence-corrected chi connectivity index (χ3v) is 5.21. The Balaban J connectivity index is 1.76. The van der Waals surface area contributed by atoms with Crippen LogP contribution in [0.3, 0.4) is 0 Å². The fraction of sp³-hybridized carbons (Fsp3) is 0.375. The van der Waals surface area contributed by atoms with Crippen LogP contribution in [0.5, 0.6) is 5.75 Å². The van der Waals surface area contributed by atoms with Crippen molar-refractivity contribution >= 4 is 16.9 Å². The maximum absolute atomic E-state index is 13.1. The van der Waals surface area contributed by atoms with Crippen molar-refractivity contribution in [2.45, 2.75) is 32.6 Å². The van der Waals surface area contributed by atoms with Crippen LogP contribution < -0.4 is 10.9 Å². The first-order chi connectivity index (χ1) is 15.4. The van der Waals surface area contributed by atoms with Crippen LogP contribution in [0.1, 0.15) is 47.7 Å². The molecule has 0 saturated heterocycles. The molecule has 0 bridgehead atoms. The monoisotopic (exact) mass is 441 g/mol. The maximum Gasteiger partial charge on any atom is 0.267 e. The molecule has 0 unspecified atom stereocenters. The van der Waals surface area contributed by atoms with Crippen LogP contribution in [0.4, 0.5) is 4.39 Å². The highest BCUT2D eigenvalue weighted by molar-refractivity contribution is 6.01. The Bertz CT molecular complexity index is 1140. The van der Waals surface area contributed by atoms with E-state index in [1.54, 1.807) is 24.4 Å². The van der Waals surface area contributed by atoms with Crippen molar-refractivity contribution in [1.29, 1.82) is 0 Å². The molecule has 3 rings (SSSR count). The van der Waals surface area contributed by atoms with Crippen molar-refractivity contribution in [3.63, 3.8) is 0 Å². The molecule has 170 valence electrons. The van der Waals surface area contributed by atoms with E-state index in [9.17, 15) is 19.1 Å². The molecule has 7 nitrogen and oxygen atoms in total. The van der Waals surface area contributed by atoms with Crippen molar-refractivity contribution in [2.24, 2.45) is 7.05 Å². The lowest BCUT2D eigenvalue weighted by Gasteiger charge is -2.13. The van der Waals surface area contributed by atoms with Gasteiger partial charge in [-0.05, 0) is 48.6 Å². The number of aromatic nitrogens is 2. The molecule has 0 radical (unpaired) electrons. The predicted molar refractivity (Wildman–Crippen MR) is 121 cm³/mol. The Morgan fingerprint density at radius 3 is 2.62 bits per heavy atom. The lowest BCUT2D eigenvalue weighted by atomic mass is 10.1. The first-order valence-electron chi connectivity index (χ1n) is 10.7. The number of aryl methyl sites for hydroxylation is 1. The zero-order valence-electron chi connectivity index (χ0n) is 18.4. The number of unbranched alkanes of at least 4 members (excludes halogenated alkanes) is 1. The van der Waals surface area contributed by atoms with Crippen LogP contribution in [-0.2, 0) is 18.2 Å². The minimum Gasteiger partial charge on any atom is -0.505 e. The highest BCUT2D eigenvalue weighted by Gasteiger charge is 2.22. The largest absolute Gasteiger partial charge is 0.505 e. The molecule has 32 heavy (non-hydrogen) atoms. The van der Waals surface area contributed by atoms with Gasteiger partial charge < -0.3 is 19.7 Å². The maximum atomic E-state index is 13.1. The number of amides is 1. The Morgan fingerprint density at radius 2 is 1.91 bits per heavy atom. The van der Waals surface area contributed by atoms with E-state index in [-0.39, 0.29) is 16.9 Å². The third-order valence-electron chi connectivity index (χ3n) is 5.21. The van der Waals surface area contributed by atoms with Gasteiger partial charge in [0.15, 0.2) is 5.75 Å². The van der Waals surface area contributed by atoms with E-state index in [1.807, 2.05) is 0 Å². The van der Waals surface area contributed by atoms with Gasteiger partial charge in [0, 0.05) is 33.0 Å². The van der Waals surface area contributed by atoms with E-state index in [1.165, 1.54) is 23.7 Å². The highest BCUT2D eigenvalue weighted by Crippen LogP contribution is 2.25. The Labute approximate surface area is 185 Å². The van der Waals surface area contributed by atoms with Gasteiger partial charge in [0.1, 0.15) is 16.9 Å². The number of pyridine rings is 2. The van der Waals surface area contributed by atoms with Crippen molar-refractivity contribution in [1.82, 2.24) is 14.9 Å². The van der Waals surface area contributed by atoms with Gasteiger partial charge >= 0.3 is 0 Å². The van der Waals surface area contributed by atoms with Crippen LogP contribution in [0.15, 0.2) is 41.3 Å². The molecule has 2 aromatic heterocycles. The van der Waals surface area contributed by atoms with Crippen molar-refractivity contribution in [3.05, 3.63) is 69.4 Å². The molecule has 0 fully saturated rings. The van der Waals surface area contributed by atoms with Crippen molar-refractivity contribution in [3.8, 4) is 5.75 Å². The first kappa shape index (κ1) is 23.4. The summed E-state index contributed by atoms with van der Waals surface area (Å²) in [5, 5.41) is 13.3. The van der Waals surface area contributed by atoms with Crippen LogP contribution in [0, 0.1) is 5.82 Å². The molecular formula is C24H28FN3O4. The van der Waals surface area contributed by atoms with E-state index in [0.29, 0.717) is 38.1 Å². The fourth-order valence-electron chi connectivity index (χ4n) is 3.38. The molecule has 0 aliphatic carbocycles. The number of ether oxygens (including phenoxy) is 1. The van der Waals surface area contributed by atoms with E-state index < -0.39 is 17.2 Å². The number of halogens is 1. The standard InChI is InChI=1S/C24H28FN3O4/c1-3-4-11-32-12-5-10-26-23(30)20-22(29)21-19(28(2)24(20)31)14-17(15-27-21)13-16-6-8-18(25)9-7-16/h6-9,14-15,29H,3-5,10-13H2,1-2H3,(H,26,30). The van der Waals surface area contributed by atoms with Gasteiger partial charge in [0.2, 0.25) is 0 Å². The summed E-state index contributed by atoms with van der Waals surface area (Å²) in [6, 6.07) is 7.86. The molecule has 0 atom stereocenters. The number of rotatable bonds is 10. The van der Waals surface area contributed by atoms with Gasteiger partial charge in [0.05, 0.1) is 5.52 Å². The molecule has 1 amide bonds. The molecule has 8 heteroatoms. The average molecular weight is 442 g/mol. The van der Waals surface area contributed by atoms with Gasteiger partial charge in [-0.1, -0.05) is 25.5 Å². The topological polar surface area (TPSA) is 93.4 Å². The molecule has 0 aliphatic heterocycles. The Hall–Kier alpha value is -3.26. The first-order valence-corrected chi connectivity index (χ1v) is 10.7. The van der Waals surface area contributed by atoms with Crippen molar-refractivity contribution in [2.75, 3.05) is 19.8 Å². The van der Waals surface area contributed by atoms with Gasteiger partial charge in [-0.15, -0.1) is 0 Å². The third kappa shape index (κ3) is 5.50. The number of carbonyl (C=O) groups is 1. The number of aromatic hydroxyl groups is 1. The van der Waals surface area contributed by atoms with Crippen molar-refractivity contribution < 1.29 is 19.0 Å². The zero-order valence-corrected chi connectivity index (χ0v) is 18.4. The number of hydrogen-bond donors (Lipinski definition) is 2. The Kier molecular flexibility index (Phi) is 7.94. The van der Waals surface area contributed by atoms with Gasteiger partial charge in [-0.3, -0.25) is 14.6 Å². The number of carbonyl (C=O) groups excluding carboxylic acids is 1. The van der Waals surface area contributed by atoms with Crippen LogP contribution in [0.2, 0.25) is 0 Å². The lowest BCUT2D eigenvalue weighted by Crippen LogP contribution is -2.33. The molecular weight excluding hydrogens is 413 g/mol. The molecule has 2 N–H and O–H groups in total. The van der Waals surface area contributed by atoms with E-state index in [0.717, 1.165) is 24.0 Å². The minimum atomic E-state index is -0.643. The SMILES string of the molecule is CCCCOCCCNC(=O)c1c(O)c2ncc(Cc3ccc(F)cc3)cc2n(C)c1=O. The average Bonchev–Trinajstić information content (AvgIpc) is 2.78. The summed E-state index contributed by atoms with van der Waals surface area (Å²) < 4.78 is 19.9. The second kappa shape index (κ2) is 10.9. The van der Waals surface area contributed by atoms with E-state index in [2.05, 4.69) is 17.2 Å². The van der Waals surface area contributed by atoms with Crippen LogP contribution >= 0.6 is 0 Å². The minimum absolute atomic E-state index is 0.169. The number of nitrogens with one attached hydrogen (secondary N) is 1. The summed E-state index contributed by atoms with van der Waals surface area (Å²) in [5.74, 6) is -1.39. The summed E-state index contributed by atoms with van der Waals surface area (Å²) in [6.07, 6.45) is 4.72. The number of benzene rings is 1. The molecule has 2 heterocycles. The second-order valence-corrected chi connectivity index (χ2v) is 7.68. The quantitative estimate of drug-likeness (QED) is 0.471. The van der Waals surface area contributed by atoms with E-state index in [4.69, 9.17) is 4.74 Å². The fourth-order valence-corrected chi connectivity index (χ4v) is 3.38. The smallest absolute Gasteiger partial charge is 0.267 e. The molecule has 0 aliphatic rings. The summed E-state index contributed by atoms with van der Waals surface area (Å²) in [6.45, 7) is 3.61. The second-order valence-electron chi connectivity index (χ2n) is 7.68. The number of nitrogens with zero attached hydrogens (tertiary/aromatic N) is 2. The molecule has 0 spiro atoms. The number of hydrogen-bond acceptors (Lipinski definition) is 5. The number of fused-ring (bicyclic) bond motifs is 1. The predicted octanol–water partition coefficient (Wildman–Crippen LogP) is 3.31. The Morgan fingerprint density at radius 1 is 1.19 bits per heavy atom. The zero-order chi connectivity index (χ0) is 23.1.